The Morgan fingerprint density at radius 3 is 2.59 bits per heavy atom. The van der Waals surface area contributed by atoms with Crippen molar-refractivity contribution in [1.29, 1.82) is 0 Å². The smallest absolute Gasteiger partial charge is 0.0773 e. The summed E-state index contributed by atoms with van der Waals surface area (Å²) >= 11 is 0. The summed E-state index contributed by atoms with van der Waals surface area (Å²) in [5.41, 5.74) is 1.04. The SMILES string of the molecule is CCC[C@@H](O)COC12CCCC(C)(CCC3C1CC3(C)C)C2. The molecule has 5 atom stereocenters. The Morgan fingerprint density at radius 2 is 1.91 bits per heavy atom. The van der Waals surface area contributed by atoms with Crippen molar-refractivity contribution < 1.29 is 9.84 Å². The van der Waals surface area contributed by atoms with Gasteiger partial charge in [-0.3, -0.25) is 0 Å². The molecule has 0 heterocycles. The first kappa shape index (κ1) is 16.8. The van der Waals surface area contributed by atoms with Gasteiger partial charge in [0.05, 0.1) is 18.3 Å². The molecule has 3 rings (SSSR count). The summed E-state index contributed by atoms with van der Waals surface area (Å²) < 4.78 is 6.58. The van der Waals surface area contributed by atoms with Gasteiger partial charge < -0.3 is 9.84 Å². The van der Waals surface area contributed by atoms with Crippen molar-refractivity contribution in [2.24, 2.45) is 22.7 Å². The van der Waals surface area contributed by atoms with Gasteiger partial charge in [-0.05, 0) is 67.6 Å². The minimum Gasteiger partial charge on any atom is -0.391 e. The molecule has 3 aliphatic carbocycles. The average Bonchev–Trinajstić information content (AvgIpc) is 2.49. The zero-order valence-corrected chi connectivity index (χ0v) is 15.2. The fourth-order valence-corrected chi connectivity index (χ4v) is 6.05. The highest BCUT2D eigenvalue weighted by atomic mass is 16.5. The number of hydrogen-bond acceptors (Lipinski definition) is 2. The Bertz CT molecular complexity index is 405. The van der Waals surface area contributed by atoms with Crippen LogP contribution in [0.3, 0.4) is 0 Å². The molecular weight excluding hydrogens is 272 g/mol. The second-order valence-electron chi connectivity index (χ2n) is 9.60. The van der Waals surface area contributed by atoms with Crippen molar-refractivity contribution >= 4 is 0 Å². The molecule has 22 heavy (non-hydrogen) atoms. The maximum Gasteiger partial charge on any atom is 0.0773 e. The highest BCUT2D eigenvalue weighted by Crippen LogP contribution is 2.65. The standard InChI is InChI=1S/C20H36O2/c1-5-7-15(21)13-22-20-10-6-9-19(4,14-20)11-8-16-17(20)12-18(16,2)3/h15-17,21H,5-14H2,1-4H3/t15-,16?,17?,19?,20?/m1/s1. The summed E-state index contributed by atoms with van der Waals surface area (Å²) in [6, 6.07) is 0. The van der Waals surface area contributed by atoms with Crippen molar-refractivity contribution in [2.75, 3.05) is 6.61 Å². The van der Waals surface area contributed by atoms with Gasteiger partial charge >= 0.3 is 0 Å². The number of rotatable bonds is 5. The lowest BCUT2D eigenvalue weighted by Crippen LogP contribution is -2.57. The Morgan fingerprint density at radius 1 is 1.14 bits per heavy atom. The molecule has 1 N–H and O–H groups in total. The zero-order chi connectivity index (χ0) is 16.0. The van der Waals surface area contributed by atoms with E-state index in [2.05, 4.69) is 27.7 Å². The molecule has 3 aliphatic rings. The van der Waals surface area contributed by atoms with E-state index in [0.29, 0.717) is 17.4 Å². The first-order chi connectivity index (χ1) is 10.3. The number of aliphatic hydroxyl groups excluding tert-OH is 1. The van der Waals surface area contributed by atoms with E-state index in [0.717, 1.165) is 24.7 Å². The number of hydrogen-bond donors (Lipinski definition) is 1. The molecule has 3 saturated carbocycles. The molecule has 4 unspecified atom stereocenters. The molecule has 0 spiro atoms. The highest BCUT2D eigenvalue weighted by molar-refractivity contribution is 5.11. The quantitative estimate of drug-likeness (QED) is 0.779. The molecule has 0 saturated heterocycles. The van der Waals surface area contributed by atoms with Crippen LogP contribution < -0.4 is 0 Å². The maximum absolute atomic E-state index is 10.2. The monoisotopic (exact) mass is 308 g/mol. The van der Waals surface area contributed by atoms with Crippen molar-refractivity contribution in [1.82, 2.24) is 0 Å². The molecule has 0 aromatic heterocycles. The number of fused-ring (bicyclic) bond motifs is 4. The minimum atomic E-state index is -0.276. The van der Waals surface area contributed by atoms with E-state index in [1.165, 1.54) is 44.9 Å². The topological polar surface area (TPSA) is 29.5 Å². The van der Waals surface area contributed by atoms with Crippen LogP contribution in [0.25, 0.3) is 0 Å². The second-order valence-corrected chi connectivity index (χ2v) is 9.60. The first-order valence-electron chi connectivity index (χ1n) is 9.62. The van der Waals surface area contributed by atoms with Crippen LogP contribution >= 0.6 is 0 Å². The molecule has 2 nitrogen and oxygen atoms in total. The van der Waals surface area contributed by atoms with E-state index >= 15 is 0 Å². The zero-order valence-electron chi connectivity index (χ0n) is 15.2. The molecule has 2 heteroatoms. The van der Waals surface area contributed by atoms with Gasteiger partial charge in [0.15, 0.2) is 0 Å². The summed E-state index contributed by atoms with van der Waals surface area (Å²) in [5.74, 6) is 1.56. The lowest BCUT2D eigenvalue weighted by Gasteiger charge is -2.59. The van der Waals surface area contributed by atoms with Gasteiger partial charge in [0.1, 0.15) is 0 Å². The van der Waals surface area contributed by atoms with Crippen molar-refractivity contribution in [3.05, 3.63) is 0 Å². The molecule has 2 bridgehead atoms. The maximum atomic E-state index is 10.2. The first-order valence-corrected chi connectivity index (χ1v) is 9.62. The summed E-state index contributed by atoms with van der Waals surface area (Å²) in [4.78, 5) is 0. The van der Waals surface area contributed by atoms with Gasteiger partial charge in [-0.15, -0.1) is 0 Å². The predicted octanol–water partition coefficient (Wildman–Crippen LogP) is 4.94. The van der Waals surface area contributed by atoms with Crippen LogP contribution in [0.5, 0.6) is 0 Å². The van der Waals surface area contributed by atoms with Crippen molar-refractivity contribution in [3.63, 3.8) is 0 Å². The van der Waals surface area contributed by atoms with Crippen LogP contribution in [0.4, 0.5) is 0 Å². The summed E-state index contributed by atoms with van der Waals surface area (Å²) in [7, 11) is 0. The van der Waals surface area contributed by atoms with E-state index in [-0.39, 0.29) is 11.7 Å². The van der Waals surface area contributed by atoms with Crippen molar-refractivity contribution in [3.8, 4) is 0 Å². The van der Waals surface area contributed by atoms with Gasteiger partial charge in [-0.1, -0.05) is 40.5 Å². The Kier molecular flexibility index (Phi) is 4.40. The van der Waals surface area contributed by atoms with Gasteiger partial charge in [-0.2, -0.15) is 0 Å². The van der Waals surface area contributed by atoms with E-state index in [9.17, 15) is 5.11 Å². The van der Waals surface area contributed by atoms with Crippen LogP contribution in [0, 0.1) is 22.7 Å². The Hall–Kier alpha value is -0.0800. The predicted molar refractivity (Wildman–Crippen MR) is 90.8 cm³/mol. The van der Waals surface area contributed by atoms with Crippen LogP contribution in [0.1, 0.15) is 85.5 Å². The average molecular weight is 309 g/mol. The third kappa shape index (κ3) is 2.86. The number of aliphatic hydroxyl groups is 1. The number of ether oxygens (including phenoxy) is 1. The van der Waals surface area contributed by atoms with Gasteiger partial charge in [-0.25, -0.2) is 0 Å². The third-order valence-electron chi connectivity index (χ3n) is 7.26. The van der Waals surface area contributed by atoms with Gasteiger partial charge in [0, 0.05) is 0 Å². The molecule has 0 radical (unpaired) electrons. The van der Waals surface area contributed by atoms with E-state index in [1.807, 2.05) is 0 Å². The highest BCUT2D eigenvalue weighted by Gasteiger charge is 2.61. The molecule has 0 aromatic carbocycles. The molecule has 128 valence electrons. The third-order valence-corrected chi connectivity index (χ3v) is 7.26. The van der Waals surface area contributed by atoms with E-state index in [1.54, 1.807) is 0 Å². The summed E-state index contributed by atoms with van der Waals surface area (Å²) in [6.45, 7) is 10.1. The van der Waals surface area contributed by atoms with Crippen LogP contribution in [-0.4, -0.2) is 23.4 Å². The van der Waals surface area contributed by atoms with Crippen LogP contribution in [-0.2, 0) is 4.74 Å². The van der Waals surface area contributed by atoms with E-state index < -0.39 is 0 Å². The van der Waals surface area contributed by atoms with Crippen LogP contribution in [0.2, 0.25) is 0 Å². The Labute approximate surface area is 137 Å². The van der Waals surface area contributed by atoms with Gasteiger partial charge in [0.2, 0.25) is 0 Å². The van der Waals surface area contributed by atoms with Crippen LogP contribution in [0.15, 0.2) is 0 Å². The summed E-state index contributed by atoms with van der Waals surface area (Å²) in [5, 5.41) is 10.2. The normalized spacial score (nSPS) is 44.6. The fraction of sp³-hybridized carbons (Fsp3) is 1.00. The fourth-order valence-electron chi connectivity index (χ4n) is 6.05. The second kappa shape index (κ2) is 5.77. The molecule has 0 amide bonds. The Balaban J connectivity index is 1.78. The molecular formula is C20H36O2. The lowest BCUT2D eigenvalue weighted by atomic mass is 9.49. The molecule has 0 aromatic rings. The van der Waals surface area contributed by atoms with E-state index in [4.69, 9.17) is 4.74 Å². The summed E-state index contributed by atoms with van der Waals surface area (Å²) in [6.07, 6.45) is 10.8. The van der Waals surface area contributed by atoms with Gasteiger partial charge in [0.25, 0.3) is 0 Å². The minimum absolute atomic E-state index is 0.0679. The van der Waals surface area contributed by atoms with Crippen molar-refractivity contribution in [2.45, 2.75) is 97.2 Å². The molecule has 0 aliphatic heterocycles. The largest absolute Gasteiger partial charge is 0.391 e. The molecule has 3 fully saturated rings. The lowest BCUT2D eigenvalue weighted by molar-refractivity contribution is -0.202.